The Balaban J connectivity index is 0.000000173. The van der Waals surface area contributed by atoms with E-state index in [0.29, 0.717) is 23.2 Å². The van der Waals surface area contributed by atoms with Crippen molar-refractivity contribution < 1.29 is 14.6 Å². The zero-order valence-electron chi connectivity index (χ0n) is 21.7. The third-order valence-electron chi connectivity index (χ3n) is 7.83. The van der Waals surface area contributed by atoms with Crippen molar-refractivity contribution in [3.63, 3.8) is 0 Å². The number of allylic oxidation sites excluding steroid dienone is 2. The number of carbonyl (C=O) groups excluding carboxylic acids is 1. The van der Waals surface area contributed by atoms with Gasteiger partial charge < -0.3 is 9.84 Å². The highest BCUT2D eigenvalue weighted by atomic mass is 16.5. The van der Waals surface area contributed by atoms with Gasteiger partial charge in [-0.05, 0) is 97.9 Å². The Hall–Kier alpha value is -3.07. The Morgan fingerprint density at radius 2 is 1.39 bits per heavy atom. The Bertz CT molecular complexity index is 1050. The number of ether oxygens (including phenoxy) is 1. The monoisotopic (exact) mass is 484 g/mol. The molecular weight excluding hydrogens is 444 g/mol. The number of aromatic hydroxyl groups is 1. The molecule has 6 rings (SSSR count). The molecule has 1 N–H and O–H groups in total. The highest BCUT2D eigenvalue weighted by Crippen LogP contribution is 2.54. The van der Waals surface area contributed by atoms with Gasteiger partial charge in [-0.1, -0.05) is 80.6 Å². The number of aryl methyl sites for hydroxylation is 1. The van der Waals surface area contributed by atoms with Crippen LogP contribution >= 0.6 is 0 Å². The van der Waals surface area contributed by atoms with Crippen LogP contribution in [0.1, 0.15) is 69.1 Å². The zero-order chi connectivity index (χ0) is 25.5. The van der Waals surface area contributed by atoms with E-state index in [0.717, 1.165) is 23.8 Å². The van der Waals surface area contributed by atoms with Crippen molar-refractivity contribution in [2.45, 2.75) is 64.9 Å². The van der Waals surface area contributed by atoms with E-state index >= 15 is 0 Å². The van der Waals surface area contributed by atoms with E-state index in [1.165, 1.54) is 49.7 Å². The first-order chi connectivity index (χ1) is 17.4. The van der Waals surface area contributed by atoms with Crippen molar-refractivity contribution in [1.29, 1.82) is 0 Å². The fourth-order valence-corrected chi connectivity index (χ4v) is 6.29. The Labute approximate surface area is 216 Å². The molecule has 0 heterocycles. The molecule has 3 nitrogen and oxygen atoms in total. The SMILES string of the molecule is C=C(C)C(=O)OC1C2CC3CC(C2)CC1C3.CCCc1ccc(C=CC=Cc2ccc(O)cc2)cc1. The molecule has 2 aromatic carbocycles. The molecule has 4 saturated carbocycles. The number of benzene rings is 2. The number of hydrogen-bond acceptors (Lipinski definition) is 3. The molecule has 0 unspecified atom stereocenters. The molecule has 36 heavy (non-hydrogen) atoms. The van der Waals surface area contributed by atoms with Crippen molar-refractivity contribution in [3.05, 3.63) is 89.5 Å². The summed E-state index contributed by atoms with van der Waals surface area (Å²) in [7, 11) is 0. The minimum Gasteiger partial charge on any atom is -0.508 e. The quantitative estimate of drug-likeness (QED) is 0.246. The summed E-state index contributed by atoms with van der Waals surface area (Å²) in [5, 5.41) is 9.20. The van der Waals surface area contributed by atoms with Crippen LogP contribution in [0.5, 0.6) is 5.75 Å². The summed E-state index contributed by atoms with van der Waals surface area (Å²) in [6.45, 7) is 7.59. The van der Waals surface area contributed by atoms with Crippen LogP contribution in [0.15, 0.2) is 72.8 Å². The second kappa shape index (κ2) is 12.3. The molecule has 0 spiro atoms. The van der Waals surface area contributed by atoms with Crippen LogP contribution in [-0.2, 0) is 16.0 Å². The zero-order valence-corrected chi connectivity index (χ0v) is 21.7. The van der Waals surface area contributed by atoms with Crippen LogP contribution in [0.3, 0.4) is 0 Å². The van der Waals surface area contributed by atoms with Crippen molar-refractivity contribution >= 4 is 18.1 Å². The third-order valence-corrected chi connectivity index (χ3v) is 7.83. The second-order valence-corrected chi connectivity index (χ2v) is 10.9. The molecule has 3 heteroatoms. The number of carbonyl (C=O) groups is 1. The fraction of sp³-hybridized carbons (Fsp3) is 0.424. The molecule has 0 saturated heterocycles. The molecular formula is C33H40O3. The van der Waals surface area contributed by atoms with Crippen LogP contribution in [0, 0.1) is 23.7 Å². The summed E-state index contributed by atoms with van der Waals surface area (Å²) in [6.07, 6.45) is 17.3. The van der Waals surface area contributed by atoms with Gasteiger partial charge in [-0.2, -0.15) is 0 Å². The van der Waals surface area contributed by atoms with Crippen molar-refractivity contribution in [2.75, 3.05) is 0 Å². The lowest BCUT2D eigenvalue weighted by molar-refractivity contribution is -0.166. The first-order valence-corrected chi connectivity index (χ1v) is 13.5. The van der Waals surface area contributed by atoms with E-state index in [4.69, 9.17) is 4.74 Å². The maximum Gasteiger partial charge on any atom is 0.333 e. The number of phenols is 1. The van der Waals surface area contributed by atoms with E-state index in [9.17, 15) is 9.90 Å². The minimum atomic E-state index is -0.183. The molecule has 0 atom stereocenters. The van der Waals surface area contributed by atoms with Gasteiger partial charge in [-0.3, -0.25) is 0 Å². The molecule has 4 aliphatic rings. The van der Waals surface area contributed by atoms with E-state index < -0.39 is 0 Å². The summed E-state index contributed by atoms with van der Waals surface area (Å²) < 4.78 is 5.65. The number of esters is 1. The number of hydrogen-bond donors (Lipinski definition) is 1. The van der Waals surface area contributed by atoms with Crippen molar-refractivity contribution in [2.24, 2.45) is 23.7 Å². The summed E-state index contributed by atoms with van der Waals surface area (Å²) in [5.41, 5.74) is 4.21. The highest BCUT2D eigenvalue weighted by Gasteiger charge is 2.49. The van der Waals surface area contributed by atoms with E-state index in [-0.39, 0.29) is 12.1 Å². The Kier molecular flexibility index (Phi) is 8.85. The summed E-state index contributed by atoms with van der Waals surface area (Å²) in [4.78, 5) is 11.6. The molecule has 2 aromatic rings. The van der Waals surface area contributed by atoms with Gasteiger partial charge in [-0.15, -0.1) is 0 Å². The van der Waals surface area contributed by atoms with Crippen LogP contribution in [0.2, 0.25) is 0 Å². The predicted octanol–water partition coefficient (Wildman–Crippen LogP) is 8.00. The van der Waals surface area contributed by atoms with Gasteiger partial charge >= 0.3 is 5.97 Å². The molecule has 4 fully saturated rings. The van der Waals surface area contributed by atoms with Crippen molar-refractivity contribution in [3.8, 4) is 5.75 Å². The molecule has 0 amide bonds. The number of phenolic OH excluding ortho intramolecular Hbond substituents is 1. The largest absolute Gasteiger partial charge is 0.508 e. The standard InChI is InChI=1S/C19H20O.C14H20O2/c1-2-5-16-8-10-17(11-9-16)6-3-4-7-18-12-14-19(20)15-13-18;1-8(2)14(15)16-13-11-4-9-3-10(6-11)7-12(13)5-9/h3-4,6-15,20H,2,5H2,1H3;9-13H,1,3-7H2,2H3. The second-order valence-electron chi connectivity index (χ2n) is 10.9. The van der Waals surface area contributed by atoms with Crippen LogP contribution < -0.4 is 0 Å². The first-order valence-electron chi connectivity index (χ1n) is 13.5. The number of rotatable bonds is 7. The molecule has 190 valence electrons. The van der Waals surface area contributed by atoms with Crippen LogP contribution in [0.4, 0.5) is 0 Å². The topological polar surface area (TPSA) is 46.5 Å². The lowest BCUT2D eigenvalue weighted by atomic mass is 9.55. The minimum absolute atomic E-state index is 0.183. The average molecular weight is 485 g/mol. The third kappa shape index (κ3) is 7.00. The molecule has 0 radical (unpaired) electrons. The van der Waals surface area contributed by atoms with Crippen LogP contribution in [-0.4, -0.2) is 17.2 Å². The fourth-order valence-electron chi connectivity index (χ4n) is 6.29. The van der Waals surface area contributed by atoms with Gasteiger partial charge in [0.15, 0.2) is 0 Å². The maximum atomic E-state index is 11.6. The highest BCUT2D eigenvalue weighted by molar-refractivity contribution is 5.87. The Morgan fingerprint density at radius 1 is 0.889 bits per heavy atom. The van der Waals surface area contributed by atoms with Crippen LogP contribution in [0.25, 0.3) is 12.2 Å². The lowest BCUT2D eigenvalue weighted by Crippen LogP contribution is -2.50. The van der Waals surface area contributed by atoms with Crippen molar-refractivity contribution in [1.82, 2.24) is 0 Å². The average Bonchev–Trinajstić information content (AvgIpc) is 2.86. The van der Waals surface area contributed by atoms with Gasteiger partial charge in [0.2, 0.25) is 0 Å². The van der Waals surface area contributed by atoms with Gasteiger partial charge in [0.1, 0.15) is 11.9 Å². The Morgan fingerprint density at radius 3 is 1.86 bits per heavy atom. The smallest absolute Gasteiger partial charge is 0.333 e. The van der Waals surface area contributed by atoms with Gasteiger partial charge in [-0.25, -0.2) is 4.79 Å². The summed E-state index contributed by atoms with van der Waals surface area (Å²) >= 11 is 0. The molecule has 4 bridgehead atoms. The van der Waals surface area contributed by atoms with E-state index in [2.05, 4.69) is 43.8 Å². The normalized spacial score (nSPS) is 26.1. The van der Waals surface area contributed by atoms with Gasteiger partial charge in [0, 0.05) is 5.57 Å². The van der Waals surface area contributed by atoms with E-state index in [1.807, 2.05) is 30.4 Å². The summed E-state index contributed by atoms with van der Waals surface area (Å²) in [5.74, 6) is 3.28. The van der Waals surface area contributed by atoms with E-state index in [1.54, 1.807) is 19.1 Å². The maximum absolute atomic E-state index is 11.6. The molecule has 0 aromatic heterocycles. The first kappa shape index (κ1) is 26.0. The molecule has 4 aliphatic carbocycles. The van der Waals surface area contributed by atoms with Gasteiger partial charge in [0.05, 0.1) is 0 Å². The summed E-state index contributed by atoms with van der Waals surface area (Å²) in [6, 6.07) is 15.8. The molecule has 0 aliphatic heterocycles. The predicted molar refractivity (Wildman–Crippen MR) is 148 cm³/mol. The lowest BCUT2D eigenvalue weighted by Gasteiger charge is -2.53. The van der Waals surface area contributed by atoms with Gasteiger partial charge in [0.25, 0.3) is 0 Å².